The maximum atomic E-state index is 14.3. The van der Waals surface area contributed by atoms with Gasteiger partial charge in [0.15, 0.2) is 0 Å². The summed E-state index contributed by atoms with van der Waals surface area (Å²) in [4.78, 5) is 12.3. The minimum absolute atomic E-state index is 0.205. The van der Waals surface area contributed by atoms with Crippen LogP contribution in [0.15, 0.2) is 53.6 Å². The Bertz CT molecular complexity index is 1000. The topological polar surface area (TPSA) is 78.8 Å². The van der Waals surface area contributed by atoms with Gasteiger partial charge in [0.2, 0.25) is 15.9 Å². The van der Waals surface area contributed by atoms with Gasteiger partial charge in [-0.2, -0.15) is 5.10 Å². The van der Waals surface area contributed by atoms with Gasteiger partial charge in [-0.3, -0.25) is 9.52 Å². The Kier molecular flexibility index (Phi) is 5.27. The van der Waals surface area contributed by atoms with E-state index in [1.165, 1.54) is 11.1 Å². The van der Waals surface area contributed by atoms with Gasteiger partial charge in [0, 0.05) is 24.1 Å². The lowest BCUT2D eigenvalue weighted by molar-refractivity contribution is -0.132. The van der Waals surface area contributed by atoms with Crippen molar-refractivity contribution in [2.75, 3.05) is 11.0 Å². The summed E-state index contributed by atoms with van der Waals surface area (Å²) < 4.78 is 39.6. The molecule has 0 unspecified atom stereocenters. The summed E-state index contributed by atoms with van der Waals surface area (Å²) in [6.07, 6.45) is 1.66. The molecule has 1 N–H and O–H groups in total. The van der Waals surface area contributed by atoms with Gasteiger partial charge in [0.05, 0.1) is 18.0 Å². The van der Waals surface area contributed by atoms with E-state index in [-0.39, 0.29) is 18.1 Å². The number of nitrogens with zero attached hydrogens (tertiary/aromatic N) is 2. The quantitative estimate of drug-likeness (QED) is 0.852. The first-order valence-corrected chi connectivity index (χ1v) is 10.4. The lowest BCUT2D eigenvalue weighted by Crippen LogP contribution is -2.26. The van der Waals surface area contributed by atoms with Crippen LogP contribution in [0, 0.1) is 5.82 Å². The molecule has 1 atom stereocenters. The van der Waals surface area contributed by atoms with E-state index in [0.717, 1.165) is 6.26 Å². The standard InChI is InChI=1S/C19H20FN3O3S/c1-3-19(24)23-18(15-9-4-5-10-16(15)20)12-17(21-23)13-7-6-8-14(11-13)22-27(2,25)26/h4-11,18,22H,3,12H2,1-2H3/t18-/m1/s1. The molecule has 0 saturated carbocycles. The highest BCUT2D eigenvalue weighted by Gasteiger charge is 2.33. The molecule has 0 aromatic heterocycles. The van der Waals surface area contributed by atoms with Gasteiger partial charge >= 0.3 is 0 Å². The van der Waals surface area contributed by atoms with Crippen LogP contribution in [0.25, 0.3) is 0 Å². The number of sulfonamides is 1. The van der Waals surface area contributed by atoms with E-state index in [9.17, 15) is 17.6 Å². The van der Waals surface area contributed by atoms with Crippen molar-refractivity contribution in [3.8, 4) is 0 Å². The Morgan fingerprint density at radius 1 is 1.26 bits per heavy atom. The van der Waals surface area contributed by atoms with Crippen molar-refractivity contribution in [3.05, 3.63) is 65.5 Å². The second kappa shape index (κ2) is 7.48. The Balaban J connectivity index is 1.96. The van der Waals surface area contributed by atoms with Crippen molar-refractivity contribution >= 4 is 27.3 Å². The maximum absolute atomic E-state index is 14.3. The van der Waals surface area contributed by atoms with Gasteiger partial charge in [-0.05, 0) is 23.8 Å². The van der Waals surface area contributed by atoms with Crippen LogP contribution in [0.3, 0.4) is 0 Å². The number of hydrogen-bond acceptors (Lipinski definition) is 4. The van der Waals surface area contributed by atoms with E-state index >= 15 is 0 Å². The summed E-state index contributed by atoms with van der Waals surface area (Å²) >= 11 is 0. The molecule has 3 rings (SSSR count). The summed E-state index contributed by atoms with van der Waals surface area (Å²) in [5.74, 6) is -0.594. The SMILES string of the molecule is CCC(=O)N1N=C(c2cccc(NS(C)(=O)=O)c2)C[C@@H]1c1ccccc1F. The fourth-order valence-corrected chi connectivity index (χ4v) is 3.60. The number of hydrogen-bond donors (Lipinski definition) is 1. The number of carbonyl (C=O) groups is 1. The normalized spacial score (nSPS) is 16.9. The number of carbonyl (C=O) groups excluding carboxylic acids is 1. The largest absolute Gasteiger partial charge is 0.284 e. The van der Waals surface area contributed by atoms with Crippen molar-refractivity contribution in [1.29, 1.82) is 0 Å². The van der Waals surface area contributed by atoms with E-state index in [0.29, 0.717) is 28.9 Å². The molecule has 1 aliphatic rings. The van der Waals surface area contributed by atoms with Crippen molar-refractivity contribution in [3.63, 3.8) is 0 Å². The van der Waals surface area contributed by atoms with E-state index in [2.05, 4.69) is 9.82 Å². The van der Waals surface area contributed by atoms with Gasteiger partial charge in [-0.15, -0.1) is 0 Å². The molecule has 27 heavy (non-hydrogen) atoms. The van der Waals surface area contributed by atoms with E-state index < -0.39 is 16.1 Å². The summed E-state index contributed by atoms with van der Waals surface area (Å²) in [5, 5.41) is 5.75. The van der Waals surface area contributed by atoms with Crippen LogP contribution in [-0.4, -0.2) is 31.3 Å². The first kappa shape index (κ1) is 19.0. The average molecular weight is 389 g/mol. The van der Waals surface area contributed by atoms with Crippen molar-refractivity contribution in [2.45, 2.75) is 25.8 Å². The number of nitrogens with one attached hydrogen (secondary N) is 1. The highest BCUT2D eigenvalue weighted by atomic mass is 32.2. The van der Waals surface area contributed by atoms with Crippen LogP contribution >= 0.6 is 0 Å². The van der Waals surface area contributed by atoms with Crippen LogP contribution in [-0.2, 0) is 14.8 Å². The van der Waals surface area contributed by atoms with Crippen molar-refractivity contribution in [2.24, 2.45) is 5.10 Å². The van der Waals surface area contributed by atoms with Crippen molar-refractivity contribution < 1.29 is 17.6 Å². The predicted octanol–water partition coefficient (Wildman–Crippen LogP) is 3.28. The summed E-state index contributed by atoms with van der Waals surface area (Å²) in [7, 11) is -3.41. The Hall–Kier alpha value is -2.74. The average Bonchev–Trinajstić information content (AvgIpc) is 3.05. The van der Waals surface area contributed by atoms with Crippen LogP contribution in [0.1, 0.15) is 36.9 Å². The number of hydrazone groups is 1. The Morgan fingerprint density at radius 2 is 2.00 bits per heavy atom. The third kappa shape index (κ3) is 4.33. The molecule has 0 radical (unpaired) electrons. The second-order valence-corrected chi connectivity index (χ2v) is 8.08. The molecule has 142 valence electrons. The first-order valence-electron chi connectivity index (χ1n) is 8.50. The third-order valence-corrected chi connectivity index (χ3v) is 4.84. The van der Waals surface area contributed by atoms with E-state index in [1.54, 1.807) is 49.4 Å². The monoisotopic (exact) mass is 389 g/mol. The molecular formula is C19H20FN3O3S. The van der Waals surface area contributed by atoms with Gasteiger partial charge in [0.1, 0.15) is 5.82 Å². The summed E-state index contributed by atoms with van der Waals surface area (Å²) in [6.45, 7) is 1.73. The van der Waals surface area contributed by atoms with Crippen LogP contribution in [0.4, 0.5) is 10.1 Å². The zero-order chi connectivity index (χ0) is 19.6. The fourth-order valence-electron chi connectivity index (χ4n) is 3.04. The van der Waals surface area contributed by atoms with Crippen molar-refractivity contribution in [1.82, 2.24) is 5.01 Å². The Morgan fingerprint density at radius 3 is 2.67 bits per heavy atom. The number of amides is 1. The molecule has 6 nitrogen and oxygen atoms in total. The molecule has 0 aliphatic carbocycles. The van der Waals surface area contributed by atoms with E-state index in [1.807, 2.05) is 0 Å². The third-order valence-electron chi connectivity index (χ3n) is 4.23. The highest BCUT2D eigenvalue weighted by molar-refractivity contribution is 7.92. The molecule has 8 heteroatoms. The highest BCUT2D eigenvalue weighted by Crippen LogP contribution is 2.34. The van der Waals surface area contributed by atoms with Gasteiger partial charge in [-0.25, -0.2) is 17.8 Å². The zero-order valence-corrected chi connectivity index (χ0v) is 15.8. The molecule has 0 bridgehead atoms. The molecular weight excluding hydrogens is 369 g/mol. The zero-order valence-electron chi connectivity index (χ0n) is 15.0. The lowest BCUT2D eigenvalue weighted by Gasteiger charge is -2.21. The minimum Gasteiger partial charge on any atom is -0.284 e. The molecule has 1 amide bonds. The van der Waals surface area contributed by atoms with Gasteiger partial charge in [0.25, 0.3) is 0 Å². The lowest BCUT2D eigenvalue weighted by atomic mass is 9.97. The fraction of sp³-hybridized carbons (Fsp3) is 0.263. The van der Waals surface area contributed by atoms with Crippen LogP contribution < -0.4 is 4.72 Å². The second-order valence-electron chi connectivity index (χ2n) is 6.34. The molecule has 2 aromatic carbocycles. The minimum atomic E-state index is -3.41. The first-order chi connectivity index (χ1) is 12.8. The number of rotatable bonds is 5. The van der Waals surface area contributed by atoms with Crippen LogP contribution in [0.5, 0.6) is 0 Å². The molecule has 2 aromatic rings. The van der Waals surface area contributed by atoms with Crippen LogP contribution in [0.2, 0.25) is 0 Å². The predicted molar refractivity (Wildman–Crippen MR) is 102 cm³/mol. The number of benzene rings is 2. The smallest absolute Gasteiger partial charge is 0.242 e. The number of anilines is 1. The maximum Gasteiger partial charge on any atom is 0.242 e. The summed E-state index contributed by atoms with van der Waals surface area (Å²) in [5.41, 5.74) is 2.09. The molecule has 1 heterocycles. The summed E-state index contributed by atoms with van der Waals surface area (Å²) in [6, 6.07) is 12.6. The molecule has 1 aliphatic heterocycles. The van der Waals surface area contributed by atoms with E-state index in [4.69, 9.17) is 0 Å². The molecule has 0 fully saturated rings. The molecule has 0 spiro atoms. The van der Waals surface area contributed by atoms with Gasteiger partial charge < -0.3 is 0 Å². The van der Waals surface area contributed by atoms with Gasteiger partial charge in [-0.1, -0.05) is 37.3 Å². The Labute approximate surface area is 157 Å². The molecule has 0 saturated heterocycles. The number of halogens is 1.